The summed E-state index contributed by atoms with van der Waals surface area (Å²) in [6, 6.07) is 5.13. The number of carbonyl (C=O) groups is 1. The Morgan fingerprint density at radius 3 is 2.33 bits per heavy atom. The van der Waals surface area contributed by atoms with E-state index >= 15 is 0 Å². The largest absolute Gasteiger partial charge is 0.399 e. The van der Waals surface area contributed by atoms with Crippen molar-refractivity contribution in [1.82, 2.24) is 4.90 Å². The number of carbonyl (C=O) groups excluding carboxylic acids is 1. The Morgan fingerprint density at radius 2 is 1.89 bits per heavy atom. The zero-order valence-electron chi connectivity index (χ0n) is 11.4. The van der Waals surface area contributed by atoms with Crippen molar-refractivity contribution < 1.29 is 4.79 Å². The molecule has 0 aliphatic rings. The molecule has 0 radical (unpaired) electrons. The zero-order chi connectivity index (χ0) is 13.9. The van der Waals surface area contributed by atoms with Crippen LogP contribution in [0.4, 0.5) is 5.69 Å². The first-order chi connectivity index (χ1) is 8.31. The lowest BCUT2D eigenvalue weighted by molar-refractivity contribution is 0.0682. The average molecular weight is 269 g/mol. The van der Waals surface area contributed by atoms with E-state index in [1.807, 2.05) is 18.7 Å². The summed E-state index contributed by atoms with van der Waals surface area (Å²) in [6.45, 7) is 8.93. The third-order valence-electron chi connectivity index (χ3n) is 2.61. The van der Waals surface area contributed by atoms with Crippen LogP contribution < -0.4 is 5.73 Å². The van der Waals surface area contributed by atoms with Crippen LogP contribution in [0.5, 0.6) is 0 Å². The molecule has 0 saturated carbocycles. The Hall–Kier alpha value is -1.22. The number of nitrogens with two attached hydrogens (primary N) is 1. The molecule has 0 spiro atoms. The fourth-order valence-electron chi connectivity index (χ4n) is 1.82. The SMILES string of the molecule is CC(C)CN(C(=O)c1cc(N)cc(Cl)c1)C(C)C. The van der Waals surface area contributed by atoms with Crippen molar-refractivity contribution in [3.05, 3.63) is 28.8 Å². The van der Waals surface area contributed by atoms with E-state index in [0.29, 0.717) is 22.2 Å². The van der Waals surface area contributed by atoms with Crippen LogP contribution in [0, 0.1) is 5.92 Å². The summed E-state index contributed by atoms with van der Waals surface area (Å²) in [5, 5.41) is 0.492. The van der Waals surface area contributed by atoms with Crippen molar-refractivity contribution in [2.24, 2.45) is 5.92 Å². The number of hydrogen-bond donors (Lipinski definition) is 1. The van der Waals surface area contributed by atoms with Gasteiger partial charge in [-0.2, -0.15) is 0 Å². The molecule has 0 heterocycles. The Bertz CT molecular complexity index is 410. The highest BCUT2D eigenvalue weighted by atomic mass is 35.5. The van der Waals surface area contributed by atoms with Crippen LogP contribution in [0.1, 0.15) is 38.1 Å². The van der Waals surface area contributed by atoms with Gasteiger partial charge >= 0.3 is 0 Å². The molecule has 4 heteroatoms. The van der Waals surface area contributed by atoms with Crippen molar-refractivity contribution in [3.63, 3.8) is 0 Å². The normalized spacial score (nSPS) is 11.1. The van der Waals surface area contributed by atoms with Crippen LogP contribution in [0.15, 0.2) is 18.2 Å². The van der Waals surface area contributed by atoms with Gasteiger partial charge in [0.2, 0.25) is 0 Å². The van der Waals surface area contributed by atoms with E-state index in [9.17, 15) is 4.79 Å². The molecule has 0 aromatic heterocycles. The van der Waals surface area contributed by atoms with Crippen molar-refractivity contribution >= 4 is 23.2 Å². The Morgan fingerprint density at radius 1 is 1.28 bits per heavy atom. The molecule has 100 valence electrons. The maximum Gasteiger partial charge on any atom is 0.254 e. The molecule has 3 nitrogen and oxygen atoms in total. The molecule has 0 aliphatic carbocycles. The number of hydrogen-bond acceptors (Lipinski definition) is 2. The van der Waals surface area contributed by atoms with Crippen LogP contribution in [0.25, 0.3) is 0 Å². The summed E-state index contributed by atoms with van der Waals surface area (Å²) >= 11 is 5.93. The van der Waals surface area contributed by atoms with E-state index < -0.39 is 0 Å². The molecule has 1 rings (SSSR count). The number of amides is 1. The van der Waals surface area contributed by atoms with Crippen LogP contribution >= 0.6 is 11.6 Å². The van der Waals surface area contributed by atoms with Gasteiger partial charge in [-0.05, 0) is 38.0 Å². The fourth-order valence-corrected chi connectivity index (χ4v) is 2.07. The highest BCUT2D eigenvalue weighted by molar-refractivity contribution is 6.31. The molecule has 0 bridgehead atoms. The smallest absolute Gasteiger partial charge is 0.254 e. The van der Waals surface area contributed by atoms with Gasteiger partial charge < -0.3 is 10.6 Å². The van der Waals surface area contributed by atoms with Gasteiger partial charge in [-0.1, -0.05) is 25.4 Å². The molecule has 2 N–H and O–H groups in total. The average Bonchev–Trinajstić information content (AvgIpc) is 2.23. The lowest BCUT2D eigenvalue weighted by Gasteiger charge is -2.28. The van der Waals surface area contributed by atoms with E-state index in [1.54, 1.807) is 18.2 Å². The first-order valence-corrected chi connectivity index (χ1v) is 6.56. The Labute approximate surface area is 114 Å². The molecule has 18 heavy (non-hydrogen) atoms. The predicted molar refractivity (Wildman–Crippen MR) is 76.9 cm³/mol. The maximum atomic E-state index is 12.4. The topological polar surface area (TPSA) is 46.3 Å². The second kappa shape index (κ2) is 6.10. The van der Waals surface area contributed by atoms with Gasteiger partial charge in [-0.3, -0.25) is 4.79 Å². The molecule has 0 atom stereocenters. The summed E-state index contributed by atoms with van der Waals surface area (Å²) in [4.78, 5) is 14.3. The number of benzene rings is 1. The fraction of sp³-hybridized carbons (Fsp3) is 0.500. The van der Waals surface area contributed by atoms with Crippen molar-refractivity contribution in [3.8, 4) is 0 Å². The molecule has 0 aliphatic heterocycles. The molecule has 1 amide bonds. The van der Waals surface area contributed by atoms with E-state index in [2.05, 4.69) is 13.8 Å². The second-order valence-electron chi connectivity index (χ2n) is 5.22. The van der Waals surface area contributed by atoms with E-state index in [1.165, 1.54) is 0 Å². The summed E-state index contributed by atoms with van der Waals surface area (Å²) in [5.41, 5.74) is 6.78. The third kappa shape index (κ3) is 3.91. The summed E-state index contributed by atoms with van der Waals surface area (Å²) in [6.07, 6.45) is 0. The van der Waals surface area contributed by atoms with Gasteiger partial charge in [0.25, 0.3) is 5.91 Å². The number of halogens is 1. The lowest BCUT2D eigenvalue weighted by atomic mass is 10.1. The molecule has 1 aromatic rings. The zero-order valence-corrected chi connectivity index (χ0v) is 12.2. The second-order valence-corrected chi connectivity index (χ2v) is 5.65. The summed E-state index contributed by atoms with van der Waals surface area (Å²) in [5.74, 6) is 0.404. The number of nitrogen functional groups attached to an aromatic ring is 1. The predicted octanol–water partition coefficient (Wildman–Crippen LogP) is 3.43. The quantitative estimate of drug-likeness (QED) is 0.851. The molecular formula is C14H21ClN2O. The van der Waals surface area contributed by atoms with Crippen molar-refractivity contribution in [2.75, 3.05) is 12.3 Å². The number of anilines is 1. The molecule has 1 aromatic carbocycles. The third-order valence-corrected chi connectivity index (χ3v) is 2.83. The summed E-state index contributed by atoms with van der Waals surface area (Å²) < 4.78 is 0. The molecular weight excluding hydrogens is 248 g/mol. The summed E-state index contributed by atoms with van der Waals surface area (Å²) in [7, 11) is 0. The minimum absolute atomic E-state index is 0.0205. The monoisotopic (exact) mass is 268 g/mol. The van der Waals surface area contributed by atoms with Gasteiger partial charge in [-0.15, -0.1) is 0 Å². The molecule has 0 unspecified atom stereocenters. The van der Waals surface area contributed by atoms with Crippen LogP contribution in [-0.4, -0.2) is 23.4 Å². The Balaban J connectivity index is 3.01. The van der Waals surface area contributed by atoms with E-state index in [-0.39, 0.29) is 11.9 Å². The number of rotatable bonds is 4. The first kappa shape index (κ1) is 14.8. The number of nitrogens with zero attached hydrogens (tertiary/aromatic N) is 1. The van der Waals surface area contributed by atoms with Gasteiger partial charge in [0.05, 0.1) is 0 Å². The van der Waals surface area contributed by atoms with Crippen LogP contribution in [0.3, 0.4) is 0 Å². The van der Waals surface area contributed by atoms with E-state index in [4.69, 9.17) is 17.3 Å². The highest BCUT2D eigenvalue weighted by Gasteiger charge is 2.20. The van der Waals surface area contributed by atoms with Gasteiger partial charge in [0.1, 0.15) is 0 Å². The highest BCUT2D eigenvalue weighted by Crippen LogP contribution is 2.19. The minimum Gasteiger partial charge on any atom is -0.399 e. The van der Waals surface area contributed by atoms with Crippen LogP contribution in [0.2, 0.25) is 5.02 Å². The molecule has 0 fully saturated rings. The standard InChI is InChI=1S/C14H21ClN2O/c1-9(2)8-17(10(3)4)14(18)11-5-12(15)7-13(16)6-11/h5-7,9-10H,8,16H2,1-4H3. The Kier molecular flexibility index (Phi) is 5.03. The van der Waals surface area contributed by atoms with Gasteiger partial charge in [0, 0.05) is 28.9 Å². The van der Waals surface area contributed by atoms with Gasteiger partial charge in [0.15, 0.2) is 0 Å². The maximum absolute atomic E-state index is 12.4. The molecule has 0 saturated heterocycles. The minimum atomic E-state index is -0.0205. The van der Waals surface area contributed by atoms with E-state index in [0.717, 1.165) is 6.54 Å². The van der Waals surface area contributed by atoms with Crippen molar-refractivity contribution in [2.45, 2.75) is 33.7 Å². The van der Waals surface area contributed by atoms with Crippen molar-refractivity contribution in [1.29, 1.82) is 0 Å². The van der Waals surface area contributed by atoms with Gasteiger partial charge in [-0.25, -0.2) is 0 Å². The first-order valence-electron chi connectivity index (χ1n) is 6.18. The lowest BCUT2D eigenvalue weighted by Crippen LogP contribution is -2.39. The van der Waals surface area contributed by atoms with Crippen LogP contribution in [-0.2, 0) is 0 Å².